The Morgan fingerprint density at radius 2 is 1.50 bits per heavy atom. The van der Waals surface area contributed by atoms with E-state index in [-0.39, 0.29) is 11.8 Å². The Balaban J connectivity index is 1.32. The van der Waals surface area contributed by atoms with Gasteiger partial charge < -0.3 is 10.2 Å². The van der Waals surface area contributed by atoms with Gasteiger partial charge in [-0.15, -0.1) is 0 Å². The van der Waals surface area contributed by atoms with E-state index in [9.17, 15) is 4.79 Å². The maximum atomic E-state index is 12.8. The van der Waals surface area contributed by atoms with Crippen molar-refractivity contribution in [1.82, 2.24) is 15.3 Å². The van der Waals surface area contributed by atoms with Gasteiger partial charge in [-0.3, -0.25) is 4.79 Å². The second-order valence-corrected chi connectivity index (χ2v) is 10.2. The van der Waals surface area contributed by atoms with Gasteiger partial charge in [-0.2, -0.15) is 0 Å². The first-order valence-electron chi connectivity index (χ1n) is 13.0. The standard InChI is InChI=1S/C31H33ClN4OS/c1-3-36(4-2)29-21-28(32)34-31(35-29)38-22-23-15-17-26(18-16-23)30(37)33-20-19-27(24-11-7-5-8-12-24)25-13-9-6-10-14-25/h5-18,21,27H,3-4,19-20,22H2,1-2H3,(H,33,37). The average Bonchev–Trinajstić information content (AvgIpc) is 2.96. The molecule has 0 aliphatic heterocycles. The molecule has 0 unspecified atom stereocenters. The van der Waals surface area contributed by atoms with Crippen LogP contribution < -0.4 is 10.2 Å². The number of benzene rings is 3. The van der Waals surface area contributed by atoms with Gasteiger partial charge in [0.25, 0.3) is 5.91 Å². The minimum absolute atomic E-state index is 0.0638. The van der Waals surface area contributed by atoms with Crippen molar-refractivity contribution >= 4 is 35.1 Å². The molecule has 0 saturated heterocycles. The van der Waals surface area contributed by atoms with E-state index >= 15 is 0 Å². The summed E-state index contributed by atoms with van der Waals surface area (Å²) in [7, 11) is 0. The number of nitrogens with one attached hydrogen (secondary N) is 1. The first-order chi connectivity index (χ1) is 18.6. The summed E-state index contributed by atoms with van der Waals surface area (Å²) in [4.78, 5) is 24.0. The number of thioether (sulfide) groups is 1. The highest BCUT2D eigenvalue weighted by atomic mass is 35.5. The third kappa shape index (κ3) is 7.59. The molecule has 0 atom stereocenters. The second-order valence-electron chi connectivity index (χ2n) is 8.91. The zero-order valence-corrected chi connectivity index (χ0v) is 23.4. The summed E-state index contributed by atoms with van der Waals surface area (Å²) in [6, 6.07) is 30.4. The molecule has 38 heavy (non-hydrogen) atoms. The summed E-state index contributed by atoms with van der Waals surface area (Å²) >= 11 is 7.77. The third-order valence-corrected chi connectivity index (χ3v) is 7.57. The monoisotopic (exact) mass is 544 g/mol. The zero-order valence-electron chi connectivity index (χ0n) is 21.8. The highest BCUT2D eigenvalue weighted by molar-refractivity contribution is 7.98. The summed E-state index contributed by atoms with van der Waals surface area (Å²) < 4.78 is 0. The van der Waals surface area contributed by atoms with Crippen LogP contribution in [-0.4, -0.2) is 35.5 Å². The van der Waals surface area contributed by atoms with Gasteiger partial charge in [0, 0.05) is 42.9 Å². The van der Waals surface area contributed by atoms with Gasteiger partial charge in [-0.1, -0.05) is 96.2 Å². The molecule has 3 aromatic carbocycles. The second kappa shape index (κ2) is 14.0. The van der Waals surface area contributed by atoms with Crippen LogP contribution in [0.2, 0.25) is 5.15 Å². The summed E-state index contributed by atoms with van der Waals surface area (Å²) in [5.74, 6) is 1.70. The van der Waals surface area contributed by atoms with Crippen LogP contribution in [0.3, 0.4) is 0 Å². The zero-order chi connectivity index (χ0) is 26.7. The molecule has 0 radical (unpaired) electrons. The van der Waals surface area contributed by atoms with E-state index in [0.29, 0.717) is 28.2 Å². The van der Waals surface area contributed by atoms with E-state index in [4.69, 9.17) is 11.6 Å². The molecule has 0 spiro atoms. The lowest BCUT2D eigenvalue weighted by Gasteiger charge is -2.20. The minimum atomic E-state index is -0.0638. The smallest absolute Gasteiger partial charge is 0.251 e. The number of nitrogens with zero attached hydrogens (tertiary/aromatic N) is 3. The Morgan fingerprint density at radius 1 is 0.895 bits per heavy atom. The van der Waals surface area contributed by atoms with Crippen molar-refractivity contribution in [3.63, 3.8) is 0 Å². The van der Waals surface area contributed by atoms with Crippen molar-refractivity contribution in [1.29, 1.82) is 0 Å². The Labute approximate surface area is 234 Å². The number of hydrogen-bond acceptors (Lipinski definition) is 5. The molecule has 0 aliphatic rings. The first-order valence-corrected chi connectivity index (χ1v) is 14.3. The molecule has 0 aliphatic carbocycles. The third-order valence-electron chi connectivity index (χ3n) is 6.45. The van der Waals surface area contributed by atoms with E-state index in [2.05, 4.69) is 82.6 Å². The van der Waals surface area contributed by atoms with Crippen molar-refractivity contribution in [2.24, 2.45) is 0 Å². The van der Waals surface area contributed by atoms with Gasteiger partial charge in [0.05, 0.1) is 0 Å². The van der Waals surface area contributed by atoms with Crippen LogP contribution in [0.1, 0.15) is 53.2 Å². The predicted molar refractivity (Wildman–Crippen MR) is 158 cm³/mol. The molecule has 0 saturated carbocycles. The number of carbonyl (C=O) groups excluding carboxylic acids is 1. The van der Waals surface area contributed by atoms with E-state index in [0.717, 1.165) is 30.9 Å². The topological polar surface area (TPSA) is 58.1 Å². The van der Waals surface area contributed by atoms with Crippen molar-refractivity contribution in [3.05, 3.63) is 118 Å². The van der Waals surface area contributed by atoms with Gasteiger partial charge in [0.15, 0.2) is 5.16 Å². The first kappa shape index (κ1) is 27.7. The fourth-order valence-corrected chi connectivity index (χ4v) is 5.43. The number of rotatable bonds is 12. The number of amides is 1. The van der Waals surface area contributed by atoms with Gasteiger partial charge >= 0.3 is 0 Å². The van der Waals surface area contributed by atoms with Crippen LogP contribution in [0.5, 0.6) is 0 Å². The minimum Gasteiger partial charge on any atom is -0.357 e. The molecule has 1 N–H and O–H groups in total. The Morgan fingerprint density at radius 3 is 2.08 bits per heavy atom. The maximum absolute atomic E-state index is 12.8. The van der Waals surface area contributed by atoms with Gasteiger partial charge in [-0.25, -0.2) is 9.97 Å². The van der Waals surface area contributed by atoms with Crippen molar-refractivity contribution < 1.29 is 4.79 Å². The van der Waals surface area contributed by atoms with Crippen molar-refractivity contribution in [2.75, 3.05) is 24.5 Å². The lowest BCUT2D eigenvalue weighted by Crippen LogP contribution is -2.25. The number of anilines is 1. The molecule has 0 bridgehead atoms. The molecule has 1 aromatic heterocycles. The molecular formula is C31H33ClN4OS. The number of carbonyl (C=O) groups is 1. The number of halogens is 1. The Bertz CT molecular complexity index is 1260. The molecule has 4 aromatic rings. The number of hydrogen-bond donors (Lipinski definition) is 1. The van der Waals surface area contributed by atoms with E-state index < -0.39 is 0 Å². The molecule has 5 nitrogen and oxygen atoms in total. The fourth-order valence-electron chi connectivity index (χ4n) is 4.39. The summed E-state index contributed by atoms with van der Waals surface area (Å²) in [5, 5.41) is 4.19. The largest absolute Gasteiger partial charge is 0.357 e. The van der Waals surface area contributed by atoms with Crippen LogP contribution >= 0.6 is 23.4 Å². The quantitative estimate of drug-likeness (QED) is 0.116. The molecule has 7 heteroatoms. The van der Waals surface area contributed by atoms with Crippen LogP contribution in [-0.2, 0) is 5.75 Å². The summed E-state index contributed by atoms with van der Waals surface area (Å²) in [5.41, 5.74) is 4.25. The van der Waals surface area contributed by atoms with Gasteiger partial charge in [-0.05, 0) is 49.1 Å². The molecule has 0 fully saturated rings. The SMILES string of the molecule is CCN(CC)c1cc(Cl)nc(SCc2ccc(C(=O)NCCC(c3ccccc3)c3ccccc3)cc2)n1. The average molecular weight is 545 g/mol. The predicted octanol–water partition coefficient (Wildman–Crippen LogP) is 7.22. The maximum Gasteiger partial charge on any atom is 0.251 e. The summed E-state index contributed by atoms with van der Waals surface area (Å²) in [6.45, 7) is 6.49. The van der Waals surface area contributed by atoms with Gasteiger partial charge in [0.2, 0.25) is 0 Å². The normalized spacial score (nSPS) is 10.9. The summed E-state index contributed by atoms with van der Waals surface area (Å²) in [6.07, 6.45) is 0.823. The molecule has 1 heterocycles. The van der Waals surface area contributed by atoms with E-state index in [1.54, 1.807) is 6.07 Å². The van der Waals surface area contributed by atoms with Crippen molar-refractivity contribution in [2.45, 2.75) is 37.1 Å². The van der Waals surface area contributed by atoms with Gasteiger partial charge in [0.1, 0.15) is 11.0 Å². The fraction of sp³-hybridized carbons (Fsp3) is 0.258. The lowest BCUT2D eigenvalue weighted by atomic mass is 9.88. The Kier molecular flexibility index (Phi) is 10.2. The highest BCUT2D eigenvalue weighted by Crippen LogP contribution is 2.28. The Hall–Kier alpha value is -3.35. The van der Waals surface area contributed by atoms with E-state index in [1.165, 1.54) is 22.9 Å². The molecule has 4 rings (SSSR count). The molecule has 1 amide bonds. The van der Waals surface area contributed by atoms with Crippen LogP contribution in [0, 0.1) is 0 Å². The van der Waals surface area contributed by atoms with Crippen LogP contribution in [0.4, 0.5) is 5.82 Å². The molecule has 196 valence electrons. The van der Waals surface area contributed by atoms with Crippen molar-refractivity contribution in [3.8, 4) is 0 Å². The lowest BCUT2D eigenvalue weighted by molar-refractivity contribution is 0.0953. The number of aromatic nitrogens is 2. The highest BCUT2D eigenvalue weighted by Gasteiger charge is 2.15. The molecular weight excluding hydrogens is 512 g/mol. The van der Waals surface area contributed by atoms with Crippen LogP contribution in [0.25, 0.3) is 0 Å². The van der Waals surface area contributed by atoms with Crippen LogP contribution in [0.15, 0.2) is 96.2 Å². The van der Waals surface area contributed by atoms with E-state index in [1.807, 2.05) is 36.4 Å².